The largest absolute Gasteiger partial charge is 0.447 e. The number of carbonyl (C=O) groups is 1. The number of benzene rings is 1. The molecular formula is C16H21N3O2. The lowest BCUT2D eigenvalue weighted by atomic mass is 10.0. The van der Waals surface area contributed by atoms with Crippen molar-refractivity contribution in [2.45, 2.75) is 18.8 Å². The molecule has 0 aliphatic carbocycles. The van der Waals surface area contributed by atoms with Gasteiger partial charge in [-0.3, -0.25) is 0 Å². The molecule has 1 aromatic carbocycles. The van der Waals surface area contributed by atoms with Crippen molar-refractivity contribution in [1.82, 2.24) is 15.2 Å². The zero-order valence-electron chi connectivity index (χ0n) is 22.2. The molecule has 2 heterocycles. The van der Waals surface area contributed by atoms with Crippen LogP contribution in [-0.4, -0.2) is 49.1 Å². The number of H-pyrrole nitrogens is 1. The predicted molar refractivity (Wildman–Crippen MR) is 82.5 cm³/mol. The molecule has 1 fully saturated rings. The van der Waals surface area contributed by atoms with Crippen LogP contribution in [0.4, 0.5) is 4.79 Å². The van der Waals surface area contributed by atoms with Crippen LogP contribution in [0.3, 0.4) is 0 Å². The Morgan fingerprint density at radius 2 is 2.62 bits per heavy atom. The highest BCUT2D eigenvalue weighted by Gasteiger charge is 2.22. The zero-order chi connectivity index (χ0) is 24.5. The van der Waals surface area contributed by atoms with E-state index in [9.17, 15) is 4.79 Å². The van der Waals surface area contributed by atoms with Crippen molar-refractivity contribution in [3.05, 3.63) is 35.5 Å². The third-order valence-electron chi connectivity index (χ3n) is 2.92. The van der Waals surface area contributed by atoms with Gasteiger partial charge in [-0.25, -0.2) is 4.79 Å². The minimum Gasteiger partial charge on any atom is -0.447 e. The van der Waals surface area contributed by atoms with Crippen LogP contribution in [0.1, 0.15) is 26.2 Å². The van der Waals surface area contributed by atoms with Gasteiger partial charge < -0.3 is 19.9 Å². The Hall–Kier alpha value is -2.01. The molecule has 1 aliphatic heterocycles. The van der Waals surface area contributed by atoms with Crippen molar-refractivity contribution in [3.8, 4) is 0 Å². The number of hydrogen-bond donors (Lipinski definition) is 2. The maximum atomic E-state index is 11.5. The molecule has 2 aromatic rings. The van der Waals surface area contributed by atoms with Gasteiger partial charge in [-0.1, -0.05) is 6.07 Å². The van der Waals surface area contributed by atoms with Gasteiger partial charge in [0, 0.05) is 33.2 Å². The summed E-state index contributed by atoms with van der Waals surface area (Å²) in [7, 11) is 0.920. The number of aryl methyl sites for hydroxylation is 1. The van der Waals surface area contributed by atoms with E-state index in [0.717, 1.165) is 7.05 Å². The first-order valence-corrected chi connectivity index (χ1v) is 6.20. The Morgan fingerprint density at radius 3 is 3.38 bits per heavy atom. The standard InChI is InChI=1S/C16H21N3O2/c1-19(2)6-5-12-9-17-15-4-3-11(8-14(12)15)7-13-10-21-16(20)18-13/h3-4,8-9,13,17H,5-7,10H2,1-2H3,(H,18,20)/t13-/m0/s1/i1D3,5D2,6D2,9D,10D2,13D. The van der Waals surface area contributed by atoms with E-state index < -0.39 is 50.3 Å². The molecule has 112 valence electrons. The van der Waals surface area contributed by atoms with Crippen LogP contribution in [0.2, 0.25) is 0 Å². The molecule has 21 heavy (non-hydrogen) atoms. The van der Waals surface area contributed by atoms with Gasteiger partial charge in [0.25, 0.3) is 0 Å². The van der Waals surface area contributed by atoms with Crippen LogP contribution in [0, 0.1) is 0 Å². The fourth-order valence-electron chi connectivity index (χ4n) is 2.02. The maximum absolute atomic E-state index is 11.5. The number of rotatable bonds is 5. The number of alkyl carbamates (subject to hydrolysis) is 1. The van der Waals surface area contributed by atoms with Crippen molar-refractivity contribution in [1.29, 1.82) is 0 Å². The molecular weight excluding hydrogens is 266 g/mol. The minimum absolute atomic E-state index is 0.0646. The van der Waals surface area contributed by atoms with Gasteiger partial charge in [0.15, 0.2) is 0 Å². The van der Waals surface area contributed by atoms with Crippen LogP contribution in [0.25, 0.3) is 10.9 Å². The Balaban J connectivity index is 2.10. The van der Waals surface area contributed by atoms with Crippen molar-refractivity contribution in [2.75, 3.05) is 27.1 Å². The van der Waals surface area contributed by atoms with Crippen molar-refractivity contribution < 1.29 is 24.6 Å². The smallest absolute Gasteiger partial charge is 0.407 e. The molecule has 1 aliphatic rings. The number of likely N-dealkylation sites (N-methyl/N-ethyl adjacent to an activating group) is 1. The summed E-state index contributed by atoms with van der Waals surface area (Å²) in [5.74, 6) is 0. The van der Waals surface area contributed by atoms with Crippen LogP contribution in [0.15, 0.2) is 24.4 Å². The molecule has 1 atom stereocenters. The quantitative estimate of drug-likeness (QED) is 0.887. The molecule has 3 rings (SSSR count). The monoisotopic (exact) mass is 298 g/mol. The second-order valence-electron chi connectivity index (χ2n) is 4.57. The normalized spacial score (nSPS) is 33.8. The maximum Gasteiger partial charge on any atom is 0.407 e. The number of aromatic nitrogens is 1. The minimum atomic E-state index is -3.04. The second kappa shape index (κ2) is 5.77. The number of nitrogens with one attached hydrogen (secondary N) is 2. The van der Waals surface area contributed by atoms with Crippen molar-refractivity contribution >= 4 is 17.0 Å². The second-order valence-corrected chi connectivity index (χ2v) is 4.57. The number of nitrogens with zero attached hydrogens (tertiary/aromatic N) is 1. The van der Waals surface area contributed by atoms with Gasteiger partial charge in [0.05, 0.1) is 11.5 Å². The van der Waals surface area contributed by atoms with Crippen LogP contribution >= 0.6 is 0 Å². The van der Waals surface area contributed by atoms with E-state index in [0.29, 0.717) is 0 Å². The average molecular weight is 298 g/mol. The highest BCUT2D eigenvalue weighted by Crippen LogP contribution is 2.21. The molecule has 1 aromatic heterocycles. The zero-order valence-corrected chi connectivity index (χ0v) is 11.2. The molecule has 0 radical (unpaired) electrons. The summed E-state index contributed by atoms with van der Waals surface area (Å²) in [5, 5.41) is 2.17. The highest BCUT2D eigenvalue weighted by molar-refractivity contribution is 5.84. The Bertz CT molecular complexity index is 1070. The third-order valence-corrected chi connectivity index (χ3v) is 2.92. The Kier molecular flexibility index (Phi) is 1.65. The van der Waals surface area contributed by atoms with E-state index >= 15 is 0 Å². The van der Waals surface area contributed by atoms with Gasteiger partial charge in [0.1, 0.15) is 6.56 Å². The molecule has 5 heteroatoms. The van der Waals surface area contributed by atoms with Gasteiger partial charge >= 0.3 is 6.09 Å². The van der Waals surface area contributed by atoms with E-state index in [2.05, 4.69) is 15.0 Å². The molecule has 1 amide bonds. The number of amides is 1. The van der Waals surface area contributed by atoms with Crippen LogP contribution < -0.4 is 5.32 Å². The van der Waals surface area contributed by atoms with Crippen molar-refractivity contribution in [2.24, 2.45) is 0 Å². The fourth-order valence-corrected chi connectivity index (χ4v) is 2.02. The van der Waals surface area contributed by atoms with Crippen LogP contribution in [-0.2, 0) is 17.5 Å². The predicted octanol–water partition coefficient (Wildman–Crippen LogP) is 1.92. The average Bonchev–Trinajstić information content (AvgIpc) is 3.04. The first-order chi connectivity index (χ1) is 14.3. The van der Waals surface area contributed by atoms with Crippen molar-refractivity contribution in [3.63, 3.8) is 0 Å². The van der Waals surface area contributed by atoms with Crippen LogP contribution in [0.5, 0.6) is 0 Å². The molecule has 1 saturated heterocycles. The summed E-state index contributed by atoms with van der Waals surface area (Å²) in [6.07, 6.45) is -4.88. The highest BCUT2D eigenvalue weighted by atomic mass is 16.6. The molecule has 5 nitrogen and oxygen atoms in total. The van der Waals surface area contributed by atoms with Gasteiger partial charge in [-0.05, 0) is 50.1 Å². The summed E-state index contributed by atoms with van der Waals surface area (Å²) < 4.78 is 92.1. The topological polar surface area (TPSA) is 57.4 Å². The third kappa shape index (κ3) is 3.19. The summed E-state index contributed by atoms with van der Waals surface area (Å²) in [4.78, 5) is 14.4. The number of carbonyl (C=O) groups excluding carboxylic acids is 1. The molecule has 0 unspecified atom stereocenters. The number of fused-ring (bicyclic) bond motifs is 1. The van der Waals surface area contributed by atoms with Gasteiger partial charge in [0.2, 0.25) is 0 Å². The van der Waals surface area contributed by atoms with Gasteiger partial charge in [-0.15, -0.1) is 0 Å². The van der Waals surface area contributed by atoms with E-state index in [1.165, 1.54) is 18.2 Å². The molecule has 0 saturated carbocycles. The van der Waals surface area contributed by atoms with E-state index in [1.54, 1.807) is 0 Å². The summed E-state index contributed by atoms with van der Waals surface area (Å²) >= 11 is 0. The lowest BCUT2D eigenvalue weighted by Crippen LogP contribution is -2.28. The first kappa shape index (κ1) is 6.01. The number of cyclic esters (lactones) is 1. The number of aromatic amines is 1. The summed E-state index contributed by atoms with van der Waals surface area (Å²) in [6.45, 7) is -8.63. The molecule has 0 spiro atoms. The number of ether oxygens (including phenoxy) is 1. The number of hydrogen-bond acceptors (Lipinski definition) is 3. The van der Waals surface area contributed by atoms with E-state index in [4.69, 9.17) is 15.1 Å². The van der Waals surface area contributed by atoms with E-state index in [-0.39, 0.29) is 27.8 Å². The fraction of sp³-hybridized carbons (Fsp3) is 0.438. The summed E-state index contributed by atoms with van der Waals surface area (Å²) in [6, 6.07) is 2.10. The Labute approximate surface area is 139 Å². The first-order valence-electron chi connectivity index (χ1n) is 11.7. The van der Waals surface area contributed by atoms with E-state index in [1.807, 2.05) is 0 Å². The summed E-state index contributed by atoms with van der Waals surface area (Å²) in [5.41, 5.74) is 0.117. The molecule has 0 bridgehead atoms. The molecule has 2 N–H and O–H groups in total. The SMILES string of the molecule is [2H]c1[nH]c2ccc(C[C@]3([2H])NC(=O)OC3([2H])[2H])cc2c1C([2H])([2H])C([2H])([2H])N(C)C([2H])([2H])[2H]. The van der Waals surface area contributed by atoms with Gasteiger partial charge in [-0.2, -0.15) is 0 Å². The lowest BCUT2D eigenvalue weighted by Gasteiger charge is -2.09. The lowest BCUT2D eigenvalue weighted by molar-refractivity contribution is 0.177. The Morgan fingerprint density at radius 1 is 1.71 bits per heavy atom.